The van der Waals surface area contributed by atoms with E-state index in [1.165, 1.54) is 11.3 Å². The van der Waals surface area contributed by atoms with Crippen molar-refractivity contribution in [3.63, 3.8) is 0 Å². The number of halogens is 1. The summed E-state index contributed by atoms with van der Waals surface area (Å²) in [4.78, 5) is 6.92. The Morgan fingerprint density at radius 2 is 2.03 bits per heavy atom. The van der Waals surface area contributed by atoms with Crippen LogP contribution in [-0.2, 0) is 0 Å². The van der Waals surface area contributed by atoms with E-state index in [0.29, 0.717) is 5.92 Å². The Morgan fingerprint density at radius 1 is 1.22 bits per heavy atom. The summed E-state index contributed by atoms with van der Waals surface area (Å²) in [5.41, 5.74) is 2.20. The number of ether oxygens (including phenoxy) is 2. The second kappa shape index (κ2) is 10.6. The number of hydrogen-bond acceptors (Lipinski definition) is 4. The van der Waals surface area contributed by atoms with Gasteiger partial charge in [-0.15, -0.1) is 24.0 Å². The maximum absolute atomic E-state index is 6.16. The predicted molar refractivity (Wildman–Crippen MR) is 142 cm³/mol. The van der Waals surface area contributed by atoms with Gasteiger partial charge in [0, 0.05) is 50.4 Å². The second-order valence-corrected chi connectivity index (χ2v) is 9.06. The molecule has 2 aliphatic heterocycles. The van der Waals surface area contributed by atoms with Crippen molar-refractivity contribution in [2.45, 2.75) is 38.3 Å². The van der Waals surface area contributed by atoms with Gasteiger partial charge in [-0.25, -0.2) is 0 Å². The van der Waals surface area contributed by atoms with Crippen molar-refractivity contribution >= 4 is 35.6 Å². The molecule has 1 fully saturated rings. The summed E-state index contributed by atoms with van der Waals surface area (Å²) in [6.07, 6.45) is 2.05. The molecule has 32 heavy (non-hydrogen) atoms. The number of benzene rings is 2. The van der Waals surface area contributed by atoms with Gasteiger partial charge in [0.25, 0.3) is 0 Å². The minimum Gasteiger partial charge on any atom is -0.497 e. The standard InChI is InChI=1S/C25H34N4O2.HI/c1-25(2)15-22(21-10-5-6-11-23(21)31-25)28-24(26-3)27-16-18-12-13-29(17-18)19-8-7-9-20(14-19)30-4;/h5-11,14,18,22H,12-13,15-17H2,1-4H3,(H2,26,27,28);1H. The van der Waals surface area contributed by atoms with E-state index in [2.05, 4.69) is 64.7 Å². The Kier molecular flexibility index (Phi) is 8.14. The fourth-order valence-electron chi connectivity index (χ4n) is 4.57. The van der Waals surface area contributed by atoms with Gasteiger partial charge in [0.2, 0.25) is 0 Å². The van der Waals surface area contributed by atoms with Crippen molar-refractivity contribution in [1.82, 2.24) is 10.6 Å². The van der Waals surface area contributed by atoms with Crippen molar-refractivity contribution in [3.8, 4) is 11.5 Å². The van der Waals surface area contributed by atoms with Gasteiger partial charge in [-0.3, -0.25) is 4.99 Å². The van der Waals surface area contributed by atoms with Gasteiger partial charge in [-0.1, -0.05) is 24.3 Å². The van der Waals surface area contributed by atoms with Crippen LogP contribution in [0, 0.1) is 5.92 Å². The van der Waals surface area contributed by atoms with Crippen LogP contribution >= 0.6 is 24.0 Å². The molecule has 0 amide bonds. The number of para-hydroxylation sites is 1. The number of methoxy groups -OCH3 is 1. The lowest BCUT2D eigenvalue weighted by Crippen LogP contribution is -2.46. The molecule has 6 nitrogen and oxygen atoms in total. The largest absolute Gasteiger partial charge is 0.497 e. The summed E-state index contributed by atoms with van der Waals surface area (Å²) in [5, 5.41) is 7.19. The molecule has 0 aliphatic carbocycles. The minimum atomic E-state index is -0.215. The van der Waals surface area contributed by atoms with Crippen molar-refractivity contribution in [2.75, 3.05) is 38.7 Å². The summed E-state index contributed by atoms with van der Waals surface area (Å²) < 4.78 is 11.5. The highest BCUT2D eigenvalue weighted by Crippen LogP contribution is 2.39. The first-order valence-electron chi connectivity index (χ1n) is 11.1. The van der Waals surface area contributed by atoms with Gasteiger partial charge in [0.05, 0.1) is 13.2 Å². The first kappa shape index (κ1) is 24.5. The normalized spacial score (nSPS) is 21.8. The Bertz CT molecular complexity index is 934. The zero-order valence-corrected chi connectivity index (χ0v) is 21.8. The lowest BCUT2D eigenvalue weighted by molar-refractivity contribution is 0.0694. The third kappa shape index (κ3) is 5.79. The summed E-state index contributed by atoms with van der Waals surface area (Å²) in [7, 11) is 3.55. The number of nitrogens with zero attached hydrogens (tertiary/aromatic N) is 2. The Balaban J connectivity index is 0.00000289. The lowest BCUT2D eigenvalue weighted by Gasteiger charge is -2.38. The van der Waals surface area contributed by atoms with Gasteiger partial charge in [-0.05, 0) is 44.4 Å². The van der Waals surface area contributed by atoms with E-state index in [0.717, 1.165) is 49.9 Å². The van der Waals surface area contributed by atoms with Crippen LogP contribution in [0.15, 0.2) is 53.5 Å². The van der Waals surface area contributed by atoms with E-state index in [1.807, 2.05) is 25.2 Å². The molecule has 2 aliphatic rings. The highest BCUT2D eigenvalue weighted by molar-refractivity contribution is 14.0. The van der Waals surface area contributed by atoms with Crippen LogP contribution in [-0.4, -0.2) is 45.4 Å². The van der Waals surface area contributed by atoms with Gasteiger partial charge in [0.1, 0.15) is 17.1 Å². The fourth-order valence-corrected chi connectivity index (χ4v) is 4.57. The number of fused-ring (bicyclic) bond motifs is 1. The predicted octanol–water partition coefficient (Wildman–Crippen LogP) is 4.61. The topological polar surface area (TPSA) is 58.1 Å². The van der Waals surface area contributed by atoms with Crippen molar-refractivity contribution in [2.24, 2.45) is 10.9 Å². The number of guanidine groups is 1. The highest BCUT2D eigenvalue weighted by Gasteiger charge is 2.34. The van der Waals surface area contributed by atoms with Crippen LogP contribution in [0.3, 0.4) is 0 Å². The monoisotopic (exact) mass is 550 g/mol. The van der Waals surface area contributed by atoms with Crippen LogP contribution in [0.25, 0.3) is 0 Å². The Labute approximate surface area is 208 Å². The molecule has 174 valence electrons. The molecule has 2 atom stereocenters. The molecular formula is C25H35IN4O2. The van der Waals surface area contributed by atoms with Gasteiger partial charge in [-0.2, -0.15) is 0 Å². The number of hydrogen-bond donors (Lipinski definition) is 2. The average Bonchev–Trinajstić information content (AvgIpc) is 3.25. The molecule has 2 unspecified atom stereocenters. The quantitative estimate of drug-likeness (QED) is 0.324. The smallest absolute Gasteiger partial charge is 0.191 e. The lowest BCUT2D eigenvalue weighted by atomic mass is 9.90. The van der Waals surface area contributed by atoms with Gasteiger partial charge >= 0.3 is 0 Å². The molecule has 0 bridgehead atoms. The maximum Gasteiger partial charge on any atom is 0.191 e. The third-order valence-electron chi connectivity index (χ3n) is 6.17. The molecule has 0 saturated carbocycles. The average molecular weight is 550 g/mol. The number of aliphatic imine (C=N–C) groups is 1. The fraction of sp³-hybridized carbons (Fsp3) is 0.480. The molecule has 0 spiro atoms. The second-order valence-electron chi connectivity index (χ2n) is 9.06. The molecule has 0 aromatic heterocycles. The number of nitrogens with one attached hydrogen (secondary N) is 2. The summed E-state index contributed by atoms with van der Waals surface area (Å²) >= 11 is 0. The Hall–Kier alpha value is -2.16. The van der Waals surface area contributed by atoms with E-state index in [-0.39, 0.29) is 35.6 Å². The molecule has 0 radical (unpaired) electrons. The van der Waals surface area contributed by atoms with Crippen LogP contribution in [0.5, 0.6) is 11.5 Å². The Morgan fingerprint density at radius 3 is 2.81 bits per heavy atom. The summed E-state index contributed by atoms with van der Waals surface area (Å²) in [5.74, 6) is 3.28. The van der Waals surface area contributed by atoms with Crippen molar-refractivity contribution in [3.05, 3.63) is 54.1 Å². The maximum atomic E-state index is 6.16. The minimum absolute atomic E-state index is 0. The van der Waals surface area contributed by atoms with Gasteiger partial charge in [0.15, 0.2) is 5.96 Å². The van der Waals surface area contributed by atoms with Crippen molar-refractivity contribution < 1.29 is 9.47 Å². The zero-order valence-electron chi connectivity index (χ0n) is 19.4. The SMILES string of the molecule is CN=C(NCC1CCN(c2cccc(OC)c2)C1)NC1CC(C)(C)Oc2ccccc21.I. The highest BCUT2D eigenvalue weighted by atomic mass is 127. The molecule has 2 N–H and O–H groups in total. The van der Waals surface area contributed by atoms with Crippen LogP contribution in [0.1, 0.15) is 38.3 Å². The first-order valence-corrected chi connectivity index (χ1v) is 11.1. The van der Waals surface area contributed by atoms with E-state index >= 15 is 0 Å². The molecule has 1 saturated heterocycles. The number of rotatable bonds is 5. The van der Waals surface area contributed by atoms with Crippen molar-refractivity contribution in [1.29, 1.82) is 0 Å². The molecule has 2 aromatic carbocycles. The van der Waals surface area contributed by atoms with E-state index in [1.54, 1.807) is 7.11 Å². The van der Waals surface area contributed by atoms with Crippen LogP contribution in [0.4, 0.5) is 5.69 Å². The third-order valence-corrected chi connectivity index (χ3v) is 6.17. The summed E-state index contributed by atoms with van der Waals surface area (Å²) in [6, 6.07) is 16.8. The zero-order chi connectivity index (χ0) is 21.8. The molecule has 2 aromatic rings. The van der Waals surface area contributed by atoms with E-state index < -0.39 is 0 Å². The summed E-state index contributed by atoms with van der Waals surface area (Å²) in [6.45, 7) is 7.27. The molecule has 4 rings (SSSR count). The van der Waals surface area contributed by atoms with Crippen LogP contribution < -0.4 is 25.0 Å². The van der Waals surface area contributed by atoms with Crippen LogP contribution in [0.2, 0.25) is 0 Å². The number of anilines is 1. The molecular weight excluding hydrogens is 515 g/mol. The molecule has 7 heteroatoms. The first-order chi connectivity index (χ1) is 15.0. The molecule has 2 heterocycles. The van der Waals surface area contributed by atoms with E-state index in [4.69, 9.17) is 9.47 Å². The van der Waals surface area contributed by atoms with E-state index in [9.17, 15) is 0 Å². The van der Waals surface area contributed by atoms with Gasteiger partial charge < -0.3 is 25.0 Å².